The summed E-state index contributed by atoms with van der Waals surface area (Å²) in [6.07, 6.45) is 1.33. The molecule has 1 amide bonds. The molecule has 132 valence electrons. The zero-order chi connectivity index (χ0) is 20.4. The van der Waals surface area contributed by atoms with Crippen LogP contribution in [0.3, 0.4) is 0 Å². The van der Waals surface area contributed by atoms with E-state index in [0.717, 1.165) is 6.42 Å². The fourth-order valence-electron chi connectivity index (χ4n) is 3.67. The quantitative estimate of drug-likeness (QED) is 0.659. The summed E-state index contributed by atoms with van der Waals surface area (Å²) >= 11 is 0. The lowest BCUT2D eigenvalue weighted by atomic mass is 9.99. The number of amides is 1. The Morgan fingerprint density at radius 1 is 1.31 bits per heavy atom. The van der Waals surface area contributed by atoms with Gasteiger partial charge in [-0.05, 0) is 37.6 Å². The topological polar surface area (TPSA) is 66.1 Å². The molecule has 0 spiro atoms. The number of aromatic nitrogens is 1. The number of benzene rings is 2. The summed E-state index contributed by atoms with van der Waals surface area (Å²) in [6, 6.07) is 8.35. The molecule has 5 nitrogen and oxygen atoms in total. The monoisotopic (exact) mass is 354 g/mol. The molecule has 0 saturated carbocycles. The number of aromatic amines is 1. The van der Waals surface area contributed by atoms with Crippen LogP contribution in [0.5, 0.6) is 0 Å². The van der Waals surface area contributed by atoms with Gasteiger partial charge in [-0.1, -0.05) is 18.2 Å². The largest absolute Gasteiger partial charge is 0.354 e. The van der Waals surface area contributed by atoms with Crippen molar-refractivity contribution in [2.24, 2.45) is 0 Å². The zero-order valence-electron chi connectivity index (χ0n) is 16.8. The van der Waals surface area contributed by atoms with Crippen molar-refractivity contribution < 1.29 is 18.1 Å². The van der Waals surface area contributed by atoms with Crippen molar-refractivity contribution in [3.05, 3.63) is 58.9 Å². The Morgan fingerprint density at radius 3 is 3.04 bits per heavy atom. The van der Waals surface area contributed by atoms with E-state index >= 15 is 0 Å². The Hall–Kier alpha value is -2.70. The predicted octanol–water partition coefficient (Wildman–Crippen LogP) is 3.57. The van der Waals surface area contributed by atoms with Crippen LogP contribution in [0.1, 0.15) is 44.5 Å². The SMILES string of the molecule is [2H]C1([2H])ONC(=O)c2cccc3[nH]c(-c4ccc([C@]5([2H])CCCN5)c(F)c4)c1c23. The molecule has 0 unspecified atom stereocenters. The van der Waals surface area contributed by atoms with Crippen molar-refractivity contribution >= 4 is 16.8 Å². The van der Waals surface area contributed by atoms with Crippen molar-refractivity contribution in [1.82, 2.24) is 15.8 Å². The van der Waals surface area contributed by atoms with Gasteiger partial charge in [0.05, 0.1) is 15.4 Å². The highest BCUT2D eigenvalue weighted by Gasteiger charge is 2.24. The highest BCUT2D eigenvalue weighted by molar-refractivity contribution is 6.09. The first-order chi connectivity index (χ1) is 13.8. The van der Waals surface area contributed by atoms with Gasteiger partial charge >= 0.3 is 0 Å². The first kappa shape index (κ1) is 12.6. The Kier molecular flexibility index (Phi) is 2.88. The molecule has 3 heterocycles. The molecule has 26 heavy (non-hydrogen) atoms. The minimum Gasteiger partial charge on any atom is -0.354 e. The smallest absolute Gasteiger partial charge is 0.275 e. The van der Waals surface area contributed by atoms with Gasteiger partial charge in [-0.25, -0.2) is 9.87 Å². The molecule has 3 aromatic rings. The maximum atomic E-state index is 15.0. The normalized spacial score (nSPS) is 26.0. The van der Waals surface area contributed by atoms with Gasteiger partial charge in [0.2, 0.25) is 0 Å². The molecule has 0 bridgehead atoms. The summed E-state index contributed by atoms with van der Waals surface area (Å²) in [4.78, 5) is 20.4. The lowest BCUT2D eigenvalue weighted by Crippen LogP contribution is -2.21. The second-order valence-corrected chi connectivity index (χ2v) is 6.44. The molecule has 2 aliphatic rings. The summed E-state index contributed by atoms with van der Waals surface area (Å²) in [5.74, 6) is -1.09. The van der Waals surface area contributed by atoms with Crippen LogP contribution >= 0.6 is 0 Å². The second-order valence-electron chi connectivity index (χ2n) is 6.44. The first-order valence-electron chi connectivity index (χ1n) is 9.99. The van der Waals surface area contributed by atoms with Gasteiger partial charge in [0.25, 0.3) is 5.91 Å². The number of H-pyrrole nitrogens is 1. The minimum atomic E-state index is -2.32. The van der Waals surface area contributed by atoms with Crippen LogP contribution in [0.4, 0.5) is 4.39 Å². The second kappa shape index (κ2) is 5.93. The van der Waals surface area contributed by atoms with Gasteiger partial charge in [-0.3, -0.25) is 9.63 Å². The third kappa shape index (κ3) is 2.34. The Bertz CT molecular complexity index is 1160. The van der Waals surface area contributed by atoms with Gasteiger partial charge in [0, 0.05) is 33.6 Å². The van der Waals surface area contributed by atoms with Crippen molar-refractivity contribution in [1.29, 1.82) is 0 Å². The standard InChI is InChI=1S/C20H18FN3O2/c21-15-9-11(6-7-12(15)16-5-2-8-22-16)19-14-10-26-24-20(25)13-3-1-4-17(23-19)18(13)14/h1,3-4,6-7,9,16,22-23H,2,5,8,10H2,(H,24,25)/t16-/m0/s1/i10D2,16D. The van der Waals surface area contributed by atoms with Crippen LogP contribution in [-0.2, 0) is 11.4 Å². The molecule has 1 saturated heterocycles. The van der Waals surface area contributed by atoms with Crippen LogP contribution < -0.4 is 10.8 Å². The number of hydroxylamine groups is 1. The summed E-state index contributed by atoms with van der Waals surface area (Å²) in [7, 11) is 0. The Labute approximate surface area is 153 Å². The lowest BCUT2D eigenvalue weighted by molar-refractivity contribution is 0.0256. The van der Waals surface area contributed by atoms with Crippen LogP contribution in [-0.4, -0.2) is 17.4 Å². The number of hydrogen-bond donors (Lipinski definition) is 3. The predicted molar refractivity (Wildman–Crippen MR) is 95.9 cm³/mol. The van der Waals surface area contributed by atoms with E-state index in [1.807, 2.05) is 0 Å². The summed E-state index contributed by atoms with van der Waals surface area (Å²) < 4.78 is 40.1. The van der Waals surface area contributed by atoms with Gasteiger partial charge in [-0.15, -0.1) is 0 Å². The van der Waals surface area contributed by atoms with E-state index in [1.54, 1.807) is 30.3 Å². The van der Waals surface area contributed by atoms with E-state index in [4.69, 9.17) is 8.95 Å². The maximum Gasteiger partial charge on any atom is 0.275 e. The van der Waals surface area contributed by atoms with Crippen LogP contribution in [0.25, 0.3) is 22.2 Å². The summed E-state index contributed by atoms with van der Waals surface area (Å²) in [6.45, 7) is -1.66. The summed E-state index contributed by atoms with van der Waals surface area (Å²) in [5.41, 5.74) is 4.10. The average molecular weight is 354 g/mol. The van der Waals surface area contributed by atoms with Crippen molar-refractivity contribution in [2.45, 2.75) is 25.4 Å². The van der Waals surface area contributed by atoms with E-state index in [2.05, 4.69) is 15.8 Å². The Balaban J connectivity index is 1.72. The molecule has 6 heteroatoms. The Morgan fingerprint density at radius 2 is 2.23 bits per heavy atom. The van der Waals surface area contributed by atoms with Gasteiger partial charge in [-0.2, -0.15) is 0 Å². The number of rotatable bonds is 2. The van der Waals surface area contributed by atoms with Gasteiger partial charge < -0.3 is 10.3 Å². The van der Waals surface area contributed by atoms with Crippen molar-refractivity contribution in [3.63, 3.8) is 0 Å². The van der Waals surface area contributed by atoms with Crippen LogP contribution in [0.15, 0.2) is 36.4 Å². The summed E-state index contributed by atoms with van der Waals surface area (Å²) in [5, 5.41) is 3.43. The molecule has 3 N–H and O–H groups in total. The van der Waals surface area contributed by atoms with E-state index in [1.165, 1.54) is 6.07 Å². The molecule has 1 atom stereocenters. The molecule has 5 rings (SSSR count). The molecule has 2 aromatic carbocycles. The highest BCUT2D eigenvalue weighted by Crippen LogP contribution is 2.36. The fraction of sp³-hybridized carbons (Fsp3) is 0.250. The van der Waals surface area contributed by atoms with Gasteiger partial charge in [0.1, 0.15) is 12.4 Å². The number of carbonyl (C=O) groups is 1. The molecule has 2 aliphatic heterocycles. The van der Waals surface area contributed by atoms with E-state index in [9.17, 15) is 9.18 Å². The van der Waals surface area contributed by atoms with E-state index in [0.29, 0.717) is 35.1 Å². The number of carbonyl (C=O) groups excluding carboxylic acids is 1. The first-order valence-corrected chi connectivity index (χ1v) is 8.49. The molecular formula is C20H18FN3O2. The number of halogens is 1. The molecule has 0 aliphatic carbocycles. The van der Waals surface area contributed by atoms with Gasteiger partial charge in [0.15, 0.2) is 0 Å². The van der Waals surface area contributed by atoms with E-state index < -0.39 is 24.3 Å². The average Bonchev–Trinajstić information content (AvgIpc) is 3.28. The fourth-order valence-corrected chi connectivity index (χ4v) is 3.67. The molecule has 1 aromatic heterocycles. The molecular weight excluding hydrogens is 333 g/mol. The third-order valence-corrected chi connectivity index (χ3v) is 4.89. The highest BCUT2D eigenvalue weighted by atomic mass is 19.1. The number of hydrogen-bond acceptors (Lipinski definition) is 3. The zero-order valence-corrected chi connectivity index (χ0v) is 13.8. The molecule has 0 radical (unpaired) electrons. The third-order valence-electron chi connectivity index (χ3n) is 4.89. The molecule has 1 fully saturated rings. The maximum absolute atomic E-state index is 15.0. The van der Waals surface area contributed by atoms with Crippen molar-refractivity contribution in [2.75, 3.05) is 6.54 Å². The van der Waals surface area contributed by atoms with E-state index in [-0.39, 0.29) is 16.7 Å². The van der Waals surface area contributed by atoms with Crippen LogP contribution in [0.2, 0.25) is 0 Å². The minimum absolute atomic E-state index is 0.133. The number of nitrogens with one attached hydrogen (secondary N) is 3. The lowest BCUT2D eigenvalue weighted by Gasteiger charge is -2.13. The van der Waals surface area contributed by atoms with Crippen molar-refractivity contribution in [3.8, 4) is 11.3 Å². The van der Waals surface area contributed by atoms with Crippen LogP contribution in [0, 0.1) is 5.82 Å².